The highest BCUT2D eigenvalue weighted by atomic mass is 127. The summed E-state index contributed by atoms with van der Waals surface area (Å²) in [5.41, 5.74) is 10.4. The van der Waals surface area contributed by atoms with Crippen molar-refractivity contribution in [3.63, 3.8) is 0 Å². The molecule has 0 aliphatic carbocycles. The number of hydrogen-bond donors (Lipinski definition) is 4. The van der Waals surface area contributed by atoms with Crippen LogP contribution in [0.1, 0.15) is 61.3 Å². The number of rotatable bonds is 7. The summed E-state index contributed by atoms with van der Waals surface area (Å²) >= 11 is 13.8. The molecule has 0 bridgehead atoms. The van der Waals surface area contributed by atoms with E-state index >= 15 is 0 Å². The molecule has 1 amide bonds. The monoisotopic (exact) mass is 974 g/mol. The van der Waals surface area contributed by atoms with Gasteiger partial charge in [0.1, 0.15) is 15.0 Å². The highest BCUT2D eigenvalue weighted by Crippen LogP contribution is 2.24. The Labute approximate surface area is 375 Å². The summed E-state index contributed by atoms with van der Waals surface area (Å²) in [6, 6.07) is 21.1. The van der Waals surface area contributed by atoms with Crippen LogP contribution in [0.3, 0.4) is 0 Å². The lowest BCUT2D eigenvalue weighted by molar-refractivity contribution is 0.0600. The molecule has 0 atom stereocenters. The van der Waals surface area contributed by atoms with Gasteiger partial charge in [0, 0.05) is 66.5 Å². The number of halogens is 3. The Kier molecular flexibility index (Phi) is 21.5. The number of benzene rings is 2. The van der Waals surface area contributed by atoms with E-state index in [0.717, 1.165) is 90.8 Å². The summed E-state index contributed by atoms with van der Waals surface area (Å²) in [6.45, 7) is 4.93. The molecule has 8 rings (SSSR count). The number of methoxy groups -OCH3 is 1. The van der Waals surface area contributed by atoms with Crippen molar-refractivity contribution in [1.29, 1.82) is 0 Å². The molecule has 0 spiro atoms. The second-order valence-electron chi connectivity index (χ2n) is 13.5. The van der Waals surface area contributed by atoms with Crippen molar-refractivity contribution in [2.45, 2.75) is 40.5 Å². The molecule has 6 aromatic rings. The molecule has 2 aliphatic rings. The molecule has 322 valence electrons. The lowest BCUT2D eigenvalue weighted by atomic mass is 9.81. The summed E-state index contributed by atoms with van der Waals surface area (Å²) in [5, 5.41) is 21.5. The molecule has 5 N–H and O–H groups in total. The SMILES string of the molecule is C.C.COC(=O)c1ccn2c(I)cnc2c1.NCC1CCOCC1.O=C(NCC1CCOCC1)c1ccn2c(-c3cccc(Cl)c3)cnc2c1.OB(O)c1cccc(Cl)c1. The van der Waals surface area contributed by atoms with Crippen LogP contribution in [0.5, 0.6) is 0 Å². The number of fused-ring (bicyclic) bond motifs is 2. The van der Waals surface area contributed by atoms with Crippen molar-refractivity contribution in [3.05, 3.63) is 122 Å². The smallest absolute Gasteiger partial charge is 0.465 e. The van der Waals surface area contributed by atoms with E-state index in [2.05, 4.69) is 42.6 Å². The minimum Gasteiger partial charge on any atom is -0.465 e. The Bertz CT molecular complexity index is 2250. The van der Waals surface area contributed by atoms with E-state index < -0.39 is 7.12 Å². The van der Waals surface area contributed by atoms with Gasteiger partial charge in [-0.05, 0) is 121 Å². The van der Waals surface area contributed by atoms with E-state index in [9.17, 15) is 9.59 Å². The number of aromatic nitrogens is 4. The summed E-state index contributed by atoms with van der Waals surface area (Å²) in [7, 11) is -0.0688. The first-order chi connectivity index (χ1) is 28.1. The van der Waals surface area contributed by atoms with Crippen LogP contribution in [-0.2, 0) is 14.2 Å². The van der Waals surface area contributed by atoms with Gasteiger partial charge in [0.2, 0.25) is 0 Å². The van der Waals surface area contributed by atoms with Crippen LogP contribution < -0.4 is 16.5 Å². The van der Waals surface area contributed by atoms with Crippen LogP contribution in [-0.4, -0.2) is 94.4 Å². The first-order valence-electron chi connectivity index (χ1n) is 18.8. The lowest BCUT2D eigenvalue weighted by Gasteiger charge is -2.22. The highest BCUT2D eigenvalue weighted by molar-refractivity contribution is 14.1. The number of pyridine rings is 2. The molecule has 6 heterocycles. The molecular weight excluding hydrogens is 921 g/mol. The number of ether oxygens (including phenoxy) is 3. The Morgan fingerprint density at radius 2 is 1.40 bits per heavy atom. The number of carbonyl (C=O) groups excluding carboxylic acids is 2. The third-order valence-electron chi connectivity index (χ3n) is 9.50. The first kappa shape index (κ1) is 50.3. The predicted molar refractivity (Wildman–Crippen MR) is 248 cm³/mol. The summed E-state index contributed by atoms with van der Waals surface area (Å²) in [5.74, 6) is 0.831. The van der Waals surface area contributed by atoms with Crippen LogP contribution in [0.15, 0.2) is 97.6 Å². The van der Waals surface area contributed by atoms with E-state index in [1.165, 1.54) is 13.2 Å². The third-order valence-corrected chi connectivity index (χ3v) is 10.8. The molecule has 2 saturated heterocycles. The molecule has 2 aliphatic heterocycles. The van der Waals surface area contributed by atoms with E-state index in [1.807, 2.05) is 51.4 Å². The molecule has 2 aromatic carbocycles. The zero-order valence-corrected chi connectivity index (χ0v) is 35.6. The van der Waals surface area contributed by atoms with Gasteiger partial charge in [-0.15, -0.1) is 0 Å². The predicted octanol–water partition coefficient (Wildman–Crippen LogP) is 7.20. The molecule has 4 aromatic heterocycles. The fourth-order valence-corrected chi connectivity index (χ4v) is 7.05. The van der Waals surface area contributed by atoms with Crippen molar-refractivity contribution in [2.24, 2.45) is 17.6 Å². The fourth-order valence-electron chi connectivity index (χ4n) is 6.12. The van der Waals surface area contributed by atoms with Crippen LogP contribution in [0.25, 0.3) is 22.6 Å². The molecule has 60 heavy (non-hydrogen) atoms. The van der Waals surface area contributed by atoms with Gasteiger partial charge in [-0.1, -0.05) is 62.3 Å². The largest absolute Gasteiger partial charge is 0.488 e. The number of nitrogens with zero attached hydrogens (tertiary/aromatic N) is 4. The van der Waals surface area contributed by atoms with Gasteiger partial charge in [-0.2, -0.15) is 0 Å². The Morgan fingerprint density at radius 1 is 0.833 bits per heavy atom. The quantitative estimate of drug-likeness (QED) is 0.0728. The van der Waals surface area contributed by atoms with Crippen molar-refractivity contribution < 1.29 is 33.8 Å². The average molecular weight is 976 g/mol. The molecule has 17 heteroatoms. The number of carbonyl (C=O) groups is 2. The maximum atomic E-state index is 12.5. The van der Waals surface area contributed by atoms with Crippen molar-refractivity contribution >= 4 is 81.5 Å². The summed E-state index contributed by atoms with van der Waals surface area (Å²) in [4.78, 5) is 32.2. The number of esters is 1. The summed E-state index contributed by atoms with van der Waals surface area (Å²) in [6.07, 6.45) is 11.6. The van der Waals surface area contributed by atoms with Gasteiger partial charge < -0.3 is 35.3 Å². The summed E-state index contributed by atoms with van der Waals surface area (Å²) < 4.78 is 20.0. The third kappa shape index (κ3) is 14.8. The number of imidazole rings is 2. The molecule has 2 fully saturated rings. The lowest BCUT2D eigenvalue weighted by Crippen LogP contribution is -2.32. The van der Waals surface area contributed by atoms with Crippen LogP contribution >= 0.6 is 45.8 Å². The highest BCUT2D eigenvalue weighted by Gasteiger charge is 2.17. The van der Waals surface area contributed by atoms with Gasteiger partial charge >= 0.3 is 13.1 Å². The molecular formula is C43H54BCl2IN6O7. The second kappa shape index (κ2) is 25.6. The number of amides is 1. The van der Waals surface area contributed by atoms with E-state index in [1.54, 1.807) is 48.9 Å². The standard InChI is InChI=1S/C20H20ClN3O2.C9H7IN2O2.C6H6BClO2.C6H13NO.2CH4/c21-17-3-1-2-15(10-17)18-13-22-19-11-16(4-7-24(18)19)20(25)23-12-14-5-8-26-9-6-14;1-14-9(13)6-2-3-12-7(10)5-11-8(12)4-6;8-6-3-1-2-5(4-6)7(9)10;7-5-6-1-3-8-4-2-6;;/h1-4,7,10-11,13-14H,5-6,8-9,12H2,(H,23,25);2-5H,1H3;1-4,9-10H;6H,1-5,7H2;2*1H4. The maximum Gasteiger partial charge on any atom is 0.488 e. The molecule has 0 unspecified atom stereocenters. The topological polar surface area (TPSA) is 175 Å². The number of hydrogen-bond acceptors (Lipinski definition) is 10. The van der Waals surface area contributed by atoms with Crippen molar-refractivity contribution in [1.82, 2.24) is 24.1 Å². The first-order valence-corrected chi connectivity index (χ1v) is 20.6. The van der Waals surface area contributed by atoms with Crippen LogP contribution in [0.2, 0.25) is 10.0 Å². The molecule has 13 nitrogen and oxygen atoms in total. The molecule has 0 saturated carbocycles. The normalized spacial score (nSPS) is 13.8. The zero-order valence-electron chi connectivity index (χ0n) is 32.0. The minimum absolute atomic E-state index is 0. The van der Waals surface area contributed by atoms with Gasteiger partial charge in [-0.25, -0.2) is 14.8 Å². The van der Waals surface area contributed by atoms with Gasteiger partial charge in [0.15, 0.2) is 0 Å². The van der Waals surface area contributed by atoms with E-state index in [-0.39, 0.29) is 26.7 Å². The van der Waals surface area contributed by atoms with Gasteiger partial charge in [0.25, 0.3) is 5.91 Å². The minimum atomic E-state index is -1.43. The molecule has 0 radical (unpaired) electrons. The van der Waals surface area contributed by atoms with E-state index in [0.29, 0.717) is 39.1 Å². The zero-order chi connectivity index (χ0) is 41.4. The van der Waals surface area contributed by atoms with E-state index in [4.69, 9.17) is 48.5 Å². The van der Waals surface area contributed by atoms with Gasteiger partial charge in [0.05, 0.1) is 30.8 Å². The van der Waals surface area contributed by atoms with Crippen LogP contribution in [0, 0.1) is 15.5 Å². The number of nitrogens with one attached hydrogen (secondary N) is 1. The Balaban J connectivity index is 0.000000238. The number of nitrogens with two attached hydrogens (primary N) is 1. The van der Waals surface area contributed by atoms with Gasteiger partial charge in [-0.3, -0.25) is 13.6 Å². The Morgan fingerprint density at radius 3 is 1.98 bits per heavy atom. The van der Waals surface area contributed by atoms with Crippen molar-refractivity contribution in [2.75, 3.05) is 46.6 Å². The maximum absolute atomic E-state index is 12.5. The average Bonchev–Trinajstić information content (AvgIpc) is 3.86. The Hall–Kier alpha value is -4.07. The fraction of sp³-hybridized carbons (Fsp3) is 0.349. The second-order valence-corrected chi connectivity index (χ2v) is 15.5. The van der Waals surface area contributed by atoms with Crippen molar-refractivity contribution in [3.8, 4) is 11.3 Å². The van der Waals surface area contributed by atoms with Crippen LogP contribution in [0.4, 0.5) is 0 Å².